The predicted molar refractivity (Wildman–Crippen MR) is 77.6 cm³/mol. The maximum Gasteiger partial charge on any atom is 0.319 e. The molecule has 0 N–H and O–H groups in total. The number of thioether (sulfide) groups is 1. The van der Waals surface area contributed by atoms with Crippen LogP contribution in [0.3, 0.4) is 0 Å². The first kappa shape index (κ1) is 15.6. The number of carbonyl (C=O) groups excluding carboxylic acids is 1. The Balaban J connectivity index is 2.31. The molecule has 0 bridgehead atoms. The second-order valence-corrected chi connectivity index (χ2v) is 5.43. The summed E-state index contributed by atoms with van der Waals surface area (Å²) in [5, 5.41) is 8.33. The van der Waals surface area contributed by atoms with E-state index in [0.29, 0.717) is 13.0 Å². The number of nitriles is 1. The SMILES string of the molecule is CCC(SCCCC#N)C(=O)OCc1ccccc1. The van der Waals surface area contributed by atoms with Crippen LogP contribution in [0.5, 0.6) is 0 Å². The van der Waals surface area contributed by atoms with Gasteiger partial charge in [0.2, 0.25) is 0 Å². The third-order valence-corrected chi connectivity index (χ3v) is 4.06. The Morgan fingerprint density at radius 2 is 2.16 bits per heavy atom. The van der Waals surface area contributed by atoms with Crippen molar-refractivity contribution >= 4 is 17.7 Å². The molecule has 1 aromatic rings. The summed E-state index contributed by atoms with van der Waals surface area (Å²) in [6, 6.07) is 11.8. The van der Waals surface area contributed by atoms with Crippen LogP contribution in [-0.2, 0) is 16.1 Å². The Labute approximate surface area is 119 Å². The fraction of sp³-hybridized carbons (Fsp3) is 0.467. The Morgan fingerprint density at radius 3 is 2.79 bits per heavy atom. The van der Waals surface area contributed by atoms with Crippen molar-refractivity contribution in [2.75, 3.05) is 5.75 Å². The molecular formula is C15H19NO2S. The van der Waals surface area contributed by atoms with E-state index in [4.69, 9.17) is 10.00 Å². The van der Waals surface area contributed by atoms with Crippen LogP contribution in [0.4, 0.5) is 0 Å². The van der Waals surface area contributed by atoms with E-state index in [-0.39, 0.29) is 11.2 Å². The van der Waals surface area contributed by atoms with Gasteiger partial charge in [0.05, 0.1) is 6.07 Å². The summed E-state index contributed by atoms with van der Waals surface area (Å²) in [5.41, 5.74) is 1.00. The number of esters is 1. The van der Waals surface area contributed by atoms with E-state index in [1.165, 1.54) is 0 Å². The lowest BCUT2D eigenvalue weighted by Gasteiger charge is -2.13. The Bertz CT molecular complexity index is 414. The summed E-state index contributed by atoms with van der Waals surface area (Å²) in [4.78, 5) is 11.9. The number of unbranched alkanes of at least 4 members (excludes halogenated alkanes) is 1. The number of rotatable bonds is 8. The van der Waals surface area contributed by atoms with Crippen LogP contribution in [0, 0.1) is 11.3 Å². The van der Waals surface area contributed by atoms with Gasteiger partial charge >= 0.3 is 5.97 Å². The molecule has 0 aliphatic rings. The molecule has 1 unspecified atom stereocenters. The fourth-order valence-corrected chi connectivity index (χ4v) is 2.59. The van der Waals surface area contributed by atoms with Crippen LogP contribution in [0.2, 0.25) is 0 Å². The number of benzene rings is 1. The summed E-state index contributed by atoms with van der Waals surface area (Å²) < 4.78 is 5.31. The van der Waals surface area contributed by atoms with Gasteiger partial charge in [0.15, 0.2) is 0 Å². The first-order valence-electron chi connectivity index (χ1n) is 6.47. The molecule has 0 saturated heterocycles. The van der Waals surface area contributed by atoms with Gasteiger partial charge in [-0.25, -0.2) is 0 Å². The molecule has 0 spiro atoms. The zero-order valence-electron chi connectivity index (χ0n) is 11.2. The predicted octanol–water partition coefficient (Wildman–Crippen LogP) is 3.55. The first-order chi connectivity index (χ1) is 9.27. The lowest BCUT2D eigenvalue weighted by Crippen LogP contribution is -2.19. The van der Waals surface area contributed by atoms with Crippen molar-refractivity contribution in [3.8, 4) is 6.07 Å². The molecule has 0 aliphatic heterocycles. The summed E-state index contributed by atoms with van der Waals surface area (Å²) in [6.07, 6.45) is 2.12. The minimum Gasteiger partial charge on any atom is -0.460 e. The van der Waals surface area contributed by atoms with Crippen LogP contribution >= 0.6 is 11.8 Å². The quantitative estimate of drug-likeness (QED) is 0.538. The van der Waals surface area contributed by atoms with Crippen molar-refractivity contribution < 1.29 is 9.53 Å². The van der Waals surface area contributed by atoms with E-state index in [1.807, 2.05) is 37.3 Å². The number of carbonyl (C=O) groups is 1. The Hall–Kier alpha value is -1.47. The molecule has 1 rings (SSSR count). The molecule has 0 aliphatic carbocycles. The van der Waals surface area contributed by atoms with Gasteiger partial charge < -0.3 is 4.74 Å². The second-order valence-electron chi connectivity index (χ2n) is 4.12. The van der Waals surface area contributed by atoms with Crippen molar-refractivity contribution in [2.45, 2.75) is 38.0 Å². The number of hydrogen-bond donors (Lipinski definition) is 0. The van der Waals surface area contributed by atoms with Gasteiger partial charge in [0.25, 0.3) is 0 Å². The van der Waals surface area contributed by atoms with Crippen molar-refractivity contribution in [2.24, 2.45) is 0 Å². The molecule has 102 valence electrons. The molecule has 3 nitrogen and oxygen atoms in total. The summed E-state index contributed by atoms with van der Waals surface area (Å²) in [5.74, 6) is 0.667. The van der Waals surface area contributed by atoms with Crippen molar-refractivity contribution in [3.63, 3.8) is 0 Å². The maximum absolute atomic E-state index is 11.9. The van der Waals surface area contributed by atoms with Crippen molar-refractivity contribution in [3.05, 3.63) is 35.9 Å². The van der Waals surface area contributed by atoms with E-state index < -0.39 is 0 Å². The minimum atomic E-state index is -0.159. The molecule has 0 heterocycles. The molecule has 0 fully saturated rings. The molecule has 4 heteroatoms. The van der Waals surface area contributed by atoms with Crippen LogP contribution in [0.15, 0.2) is 30.3 Å². The highest BCUT2D eigenvalue weighted by atomic mass is 32.2. The molecule has 0 radical (unpaired) electrons. The summed E-state index contributed by atoms with van der Waals surface area (Å²) in [6.45, 7) is 2.31. The van der Waals surface area contributed by atoms with E-state index in [0.717, 1.165) is 24.2 Å². The zero-order valence-corrected chi connectivity index (χ0v) is 12.0. The van der Waals surface area contributed by atoms with Gasteiger partial charge in [-0.2, -0.15) is 5.26 Å². The van der Waals surface area contributed by atoms with Crippen LogP contribution in [0.1, 0.15) is 31.7 Å². The molecule has 1 aromatic carbocycles. The Kier molecular flexibility index (Phi) is 7.76. The molecule has 1 atom stereocenters. The van der Waals surface area contributed by atoms with Crippen molar-refractivity contribution in [1.82, 2.24) is 0 Å². The van der Waals surface area contributed by atoms with E-state index in [1.54, 1.807) is 11.8 Å². The minimum absolute atomic E-state index is 0.123. The first-order valence-corrected chi connectivity index (χ1v) is 7.52. The Morgan fingerprint density at radius 1 is 1.42 bits per heavy atom. The normalized spacial score (nSPS) is 11.6. The van der Waals surface area contributed by atoms with Gasteiger partial charge in [-0.15, -0.1) is 11.8 Å². The van der Waals surface area contributed by atoms with E-state index in [9.17, 15) is 4.79 Å². The molecule has 0 aromatic heterocycles. The highest BCUT2D eigenvalue weighted by Crippen LogP contribution is 2.18. The monoisotopic (exact) mass is 277 g/mol. The average Bonchev–Trinajstić information content (AvgIpc) is 2.46. The lowest BCUT2D eigenvalue weighted by molar-refractivity contribution is -0.144. The van der Waals surface area contributed by atoms with Gasteiger partial charge in [0.1, 0.15) is 11.9 Å². The number of hydrogen-bond acceptors (Lipinski definition) is 4. The number of ether oxygens (including phenoxy) is 1. The highest BCUT2D eigenvalue weighted by Gasteiger charge is 2.18. The van der Waals surface area contributed by atoms with Crippen LogP contribution < -0.4 is 0 Å². The summed E-state index contributed by atoms with van der Waals surface area (Å²) in [7, 11) is 0. The number of nitrogens with zero attached hydrogens (tertiary/aromatic N) is 1. The standard InChI is InChI=1S/C15H19NO2S/c1-2-14(19-11-7-6-10-16)15(17)18-12-13-8-4-3-5-9-13/h3-5,8-9,14H,2,6-7,11-12H2,1H3. The third-order valence-electron chi connectivity index (χ3n) is 2.61. The third kappa shape index (κ3) is 6.30. The highest BCUT2D eigenvalue weighted by molar-refractivity contribution is 8.00. The topological polar surface area (TPSA) is 50.1 Å². The van der Waals surface area contributed by atoms with Gasteiger partial charge in [-0.05, 0) is 24.2 Å². The van der Waals surface area contributed by atoms with Crippen molar-refractivity contribution in [1.29, 1.82) is 5.26 Å². The van der Waals surface area contributed by atoms with Gasteiger partial charge in [0, 0.05) is 6.42 Å². The van der Waals surface area contributed by atoms with E-state index in [2.05, 4.69) is 6.07 Å². The maximum atomic E-state index is 11.9. The molecule has 0 amide bonds. The second kappa shape index (κ2) is 9.46. The van der Waals surface area contributed by atoms with Gasteiger partial charge in [-0.3, -0.25) is 4.79 Å². The van der Waals surface area contributed by atoms with E-state index >= 15 is 0 Å². The molecule has 0 saturated carbocycles. The fourth-order valence-electron chi connectivity index (χ4n) is 1.55. The smallest absolute Gasteiger partial charge is 0.319 e. The largest absolute Gasteiger partial charge is 0.460 e. The average molecular weight is 277 g/mol. The lowest BCUT2D eigenvalue weighted by atomic mass is 10.2. The van der Waals surface area contributed by atoms with Gasteiger partial charge in [-0.1, -0.05) is 37.3 Å². The van der Waals surface area contributed by atoms with Crippen LogP contribution in [0.25, 0.3) is 0 Å². The molecule has 19 heavy (non-hydrogen) atoms. The zero-order chi connectivity index (χ0) is 13.9. The summed E-state index contributed by atoms with van der Waals surface area (Å²) >= 11 is 1.58. The molecular weight excluding hydrogens is 258 g/mol. The van der Waals surface area contributed by atoms with Crippen LogP contribution in [-0.4, -0.2) is 17.0 Å².